The van der Waals surface area contributed by atoms with E-state index in [1.165, 1.54) is 0 Å². The third kappa shape index (κ3) is 3.70. The summed E-state index contributed by atoms with van der Waals surface area (Å²) >= 11 is 0. The minimum atomic E-state index is -0.131. The molecular formula is C18H26N6O. The Balaban J connectivity index is 1.68. The lowest BCUT2D eigenvalue weighted by Crippen LogP contribution is -2.41. The molecule has 1 amide bonds. The van der Waals surface area contributed by atoms with Crippen molar-refractivity contribution < 1.29 is 4.79 Å². The molecule has 1 aliphatic heterocycles. The Morgan fingerprint density at radius 2 is 1.92 bits per heavy atom. The van der Waals surface area contributed by atoms with Gasteiger partial charge in [-0.2, -0.15) is 0 Å². The molecule has 0 aliphatic carbocycles. The maximum Gasteiger partial charge on any atom is 0.254 e. The van der Waals surface area contributed by atoms with Crippen LogP contribution in [0, 0.1) is 0 Å². The summed E-state index contributed by atoms with van der Waals surface area (Å²) in [6, 6.07) is 0.0655. The Hall–Kier alpha value is -2.31. The first-order chi connectivity index (χ1) is 11.8. The average molecular weight is 342 g/mol. The van der Waals surface area contributed by atoms with E-state index in [2.05, 4.69) is 43.9 Å². The third-order valence-electron chi connectivity index (χ3n) is 4.41. The van der Waals surface area contributed by atoms with Crippen molar-refractivity contribution in [2.45, 2.75) is 71.4 Å². The molecule has 0 radical (unpaired) electrons. The molecule has 3 rings (SSSR count). The quantitative estimate of drug-likeness (QED) is 0.924. The van der Waals surface area contributed by atoms with Crippen LogP contribution in [0.5, 0.6) is 0 Å². The zero-order chi connectivity index (χ0) is 18.2. The molecule has 3 heterocycles. The van der Waals surface area contributed by atoms with Gasteiger partial charge >= 0.3 is 0 Å². The van der Waals surface area contributed by atoms with Gasteiger partial charge in [0, 0.05) is 42.7 Å². The molecule has 2 aromatic heterocycles. The molecule has 0 saturated heterocycles. The van der Waals surface area contributed by atoms with Crippen LogP contribution in [-0.2, 0) is 18.4 Å². The molecule has 1 N–H and O–H groups in total. The fourth-order valence-corrected chi connectivity index (χ4v) is 2.99. The van der Waals surface area contributed by atoms with Gasteiger partial charge in [0.05, 0.1) is 5.56 Å². The minimum Gasteiger partial charge on any atom is -0.347 e. The van der Waals surface area contributed by atoms with Crippen molar-refractivity contribution in [1.82, 2.24) is 30.0 Å². The first-order valence-electron chi connectivity index (χ1n) is 8.81. The van der Waals surface area contributed by atoms with Crippen molar-refractivity contribution in [1.29, 1.82) is 0 Å². The van der Waals surface area contributed by atoms with E-state index in [4.69, 9.17) is 0 Å². The second kappa shape index (κ2) is 6.54. The van der Waals surface area contributed by atoms with Crippen LogP contribution in [0.25, 0.3) is 0 Å². The van der Waals surface area contributed by atoms with Gasteiger partial charge in [0.15, 0.2) is 0 Å². The van der Waals surface area contributed by atoms with E-state index in [1.54, 1.807) is 12.4 Å². The molecule has 7 nitrogen and oxygen atoms in total. The Morgan fingerprint density at radius 3 is 2.52 bits per heavy atom. The van der Waals surface area contributed by atoms with Crippen molar-refractivity contribution in [2.24, 2.45) is 0 Å². The number of fused-ring (bicyclic) bond motifs is 1. The number of carbonyl (C=O) groups excluding carboxylic acids is 1. The second-order valence-electron chi connectivity index (χ2n) is 7.99. The molecular weight excluding hydrogens is 316 g/mol. The van der Waals surface area contributed by atoms with E-state index in [0.29, 0.717) is 18.0 Å². The topological polar surface area (TPSA) is 85.6 Å². The van der Waals surface area contributed by atoms with Crippen molar-refractivity contribution in [2.75, 3.05) is 0 Å². The highest BCUT2D eigenvalue weighted by Gasteiger charge is 2.25. The van der Waals surface area contributed by atoms with E-state index in [0.717, 1.165) is 30.3 Å². The second-order valence-corrected chi connectivity index (χ2v) is 7.99. The van der Waals surface area contributed by atoms with Gasteiger partial charge in [-0.15, -0.1) is 10.2 Å². The lowest BCUT2D eigenvalue weighted by molar-refractivity contribution is 0.0926. The molecule has 134 valence electrons. The van der Waals surface area contributed by atoms with Crippen LogP contribution in [0.4, 0.5) is 0 Å². The van der Waals surface area contributed by atoms with Crippen LogP contribution in [0.2, 0.25) is 0 Å². The zero-order valence-corrected chi connectivity index (χ0v) is 15.6. The van der Waals surface area contributed by atoms with Crippen LogP contribution in [0.15, 0.2) is 12.4 Å². The van der Waals surface area contributed by atoms with Gasteiger partial charge < -0.3 is 9.88 Å². The smallest absolute Gasteiger partial charge is 0.254 e. The molecule has 7 heteroatoms. The highest BCUT2D eigenvalue weighted by atomic mass is 16.1. The third-order valence-corrected chi connectivity index (χ3v) is 4.41. The average Bonchev–Trinajstić information content (AvgIpc) is 2.97. The van der Waals surface area contributed by atoms with Gasteiger partial charge in [-0.05, 0) is 6.42 Å². The lowest BCUT2D eigenvalue weighted by atomic mass is 9.96. The molecule has 25 heavy (non-hydrogen) atoms. The number of carbonyl (C=O) groups is 1. The number of hydrogen-bond donors (Lipinski definition) is 1. The number of hydrogen-bond acceptors (Lipinski definition) is 5. The zero-order valence-electron chi connectivity index (χ0n) is 15.6. The summed E-state index contributed by atoms with van der Waals surface area (Å²) in [6.07, 6.45) is 4.90. The van der Waals surface area contributed by atoms with Crippen molar-refractivity contribution >= 4 is 5.91 Å². The highest BCUT2D eigenvalue weighted by Crippen LogP contribution is 2.20. The van der Waals surface area contributed by atoms with E-state index in [1.807, 2.05) is 20.8 Å². The summed E-state index contributed by atoms with van der Waals surface area (Å²) in [5.41, 5.74) is 0.364. The number of nitrogens with zero attached hydrogens (tertiary/aromatic N) is 5. The summed E-state index contributed by atoms with van der Waals surface area (Å²) in [6.45, 7) is 11.1. The number of nitrogens with one attached hydrogen (secondary N) is 1. The van der Waals surface area contributed by atoms with Crippen LogP contribution in [0.3, 0.4) is 0 Å². The summed E-state index contributed by atoms with van der Waals surface area (Å²) in [5, 5.41) is 11.6. The first-order valence-corrected chi connectivity index (χ1v) is 8.81. The summed E-state index contributed by atoms with van der Waals surface area (Å²) in [4.78, 5) is 21.2. The van der Waals surface area contributed by atoms with Gasteiger partial charge in [-0.25, -0.2) is 9.97 Å². The predicted octanol–water partition coefficient (Wildman–Crippen LogP) is 2.23. The van der Waals surface area contributed by atoms with Crippen LogP contribution in [-0.4, -0.2) is 36.7 Å². The molecule has 0 fully saturated rings. The Kier molecular flexibility index (Phi) is 4.58. The fraction of sp³-hybridized carbons (Fsp3) is 0.611. The summed E-state index contributed by atoms with van der Waals surface area (Å²) in [7, 11) is 0. The number of aryl methyl sites for hydroxylation is 1. The standard InChI is InChI=1S/C18H26N6O/c1-11(2)15-23-22-14-7-6-13(10-24(14)15)21-16(25)12-8-19-17(20-9-12)18(3,4)5/h8-9,11,13H,6-7,10H2,1-5H3,(H,21,25). The van der Waals surface area contributed by atoms with E-state index >= 15 is 0 Å². The first kappa shape index (κ1) is 17.5. The maximum absolute atomic E-state index is 12.5. The normalized spacial score (nSPS) is 17.4. The summed E-state index contributed by atoms with van der Waals surface area (Å²) in [5.74, 6) is 2.90. The molecule has 0 bridgehead atoms. The van der Waals surface area contributed by atoms with Gasteiger partial charge in [0.1, 0.15) is 17.5 Å². The van der Waals surface area contributed by atoms with Gasteiger partial charge in [-0.1, -0.05) is 34.6 Å². The highest BCUT2D eigenvalue weighted by molar-refractivity contribution is 5.93. The van der Waals surface area contributed by atoms with Crippen molar-refractivity contribution in [3.63, 3.8) is 0 Å². The van der Waals surface area contributed by atoms with Crippen LogP contribution in [0.1, 0.15) is 74.8 Å². The Labute approximate surface area is 148 Å². The number of amides is 1. The van der Waals surface area contributed by atoms with Crippen molar-refractivity contribution in [3.8, 4) is 0 Å². The number of aromatic nitrogens is 5. The van der Waals surface area contributed by atoms with Crippen LogP contribution >= 0.6 is 0 Å². The van der Waals surface area contributed by atoms with Gasteiger partial charge in [-0.3, -0.25) is 4.79 Å². The maximum atomic E-state index is 12.5. The van der Waals surface area contributed by atoms with E-state index in [-0.39, 0.29) is 17.4 Å². The van der Waals surface area contributed by atoms with E-state index < -0.39 is 0 Å². The number of rotatable bonds is 3. The summed E-state index contributed by atoms with van der Waals surface area (Å²) < 4.78 is 2.14. The molecule has 2 aromatic rings. The SMILES string of the molecule is CC(C)c1nnc2n1CC(NC(=O)c1cnc(C(C)(C)C)nc1)CC2. The Bertz CT molecular complexity index is 757. The molecule has 1 unspecified atom stereocenters. The fourth-order valence-electron chi connectivity index (χ4n) is 2.99. The predicted molar refractivity (Wildman–Crippen MR) is 94.4 cm³/mol. The molecule has 0 spiro atoms. The van der Waals surface area contributed by atoms with Crippen molar-refractivity contribution in [3.05, 3.63) is 35.4 Å². The Morgan fingerprint density at radius 1 is 1.24 bits per heavy atom. The molecule has 0 saturated carbocycles. The lowest BCUT2D eigenvalue weighted by Gasteiger charge is -2.26. The van der Waals surface area contributed by atoms with Gasteiger partial charge in [0.25, 0.3) is 5.91 Å². The monoisotopic (exact) mass is 342 g/mol. The minimum absolute atomic E-state index is 0.0655. The molecule has 1 aliphatic rings. The van der Waals surface area contributed by atoms with E-state index in [9.17, 15) is 4.79 Å². The van der Waals surface area contributed by atoms with Crippen LogP contribution < -0.4 is 5.32 Å². The van der Waals surface area contributed by atoms with Gasteiger partial charge in [0.2, 0.25) is 0 Å². The molecule has 1 atom stereocenters. The largest absolute Gasteiger partial charge is 0.347 e. The molecule has 0 aromatic carbocycles.